The zero-order valence-corrected chi connectivity index (χ0v) is 10.5. The van der Waals surface area contributed by atoms with Crippen LogP contribution in [0.1, 0.15) is 0 Å². The molecule has 0 saturated carbocycles. The Morgan fingerprint density at radius 3 is 2.78 bits per heavy atom. The van der Waals surface area contributed by atoms with Crippen molar-refractivity contribution in [2.24, 2.45) is 0 Å². The molecule has 2 rings (SSSR count). The van der Waals surface area contributed by atoms with Gasteiger partial charge in [0.25, 0.3) is 0 Å². The van der Waals surface area contributed by atoms with Crippen molar-refractivity contribution in [3.05, 3.63) is 12.1 Å². The third kappa shape index (κ3) is 2.06. The Bertz CT molecular complexity index is 590. The van der Waals surface area contributed by atoms with Gasteiger partial charge < -0.3 is 15.4 Å². The average Bonchev–Trinajstić information content (AvgIpc) is 2.65. The second-order valence-corrected chi connectivity index (χ2v) is 4.04. The van der Waals surface area contributed by atoms with E-state index in [1.165, 1.54) is 12.0 Å². The van der Waals surface area contributed by atoms with Crippen molar-refractivity contribution in [3.63, 3.8) is 0 Å². The van der Waals surface area contributed by atoms with Gasteiger partial charge in [0, 0.05) is 20.2 Å². The van der Waals surface area contributed by atoms with E-state index in [2.05, 4.69) is 9.97 Å². The van der Waals surface area contributed by atoms with Gasteiger partial charge >= 0.3 is 0 Å². The van der Waals surface area contributed by atoms with Gasteiger partial charge in [0.2, 0.25) is 17.7 Å². The number of carbonyl (C=O) groups excluding carboxylic acids is 1. The van der Waals surface area contributed by atoms with Crippen LogP contribution in [0.5, 0.6) is 5.88 Å². The van der Waals surface area contributed by atoms with Crippen LogP contribution in [-0.4, -0.2) is 46.5 Å². The summed E-state index contributed by atoms with van der Waals surface area (Å²) in [6.45, 7) is 0.107. The number of amides is 1. The largest absolute Gasteiger partial charge is 0.481 e. The number of hydrogen-bond donors (Lipinski definition) is 1. The predicted molar refractivity (Wildman–Crippen MR) is 67.2 cm³/mol. The van der Waals surface area contributed by atoms with Crippen molar-refractivity contribution in [3.8, 4) is 5.88 Å². The molecule has 0 radical (unpaired) electrons. The Kier molecular flexibility index (Phi) is 3.05. The van der Waals surface area contributed by atoms with Crippen molar-refractivity contribution < 1.29 is 9.53 Å². The van der Waals surface area contributed by atoms with Gasteiger partial charge in [-0.15, -0.1) is 0 Å². The number of nitrogen functional groups attached to an aromatic ring is 1. The Balaban J connectivity index is 2.48. The molecule has 0 bridgehead atoms. The molecule has 0 aliphatic rings. The Labute approximate surface area is 104 Å². The van der Waals surface area contributed by atoms with Crippen molar-refractivity contribution in [1.82, 2.24) is 19.4 Å². The summed E-state index contributed by atoms with van der Waals surface area (Å²) in [6.07, 6.45) is 0. The van der Waals surface area contributed by atoms with Crippen molar-refractivity contribution >= 4 is 23.0 Å². The van der Waals surface area contributed by atoms with E-state index in [-0.39, 0.29) is 18.4 Å². The summed E-state index contributed by atoms with van der Waals surface area (Å²) in [4.78, 5) is 21.6. The van der Waals surface area contributed by atoms with Gasteiger partial charge in [-0.3, -0.25) is 9.36 Å². The number of hydrogen-bond acceptors (Lipinski definition) is 5. The van der Waals surface area contributed by atoms with E-state index in [0.29, 0.717) is 17.0 Å². The molecule has 0 aliphatic carbocycles. The smallest absolute Gasteiger partial charge is 0.242 e. The number of nitrogens with two attached hydrogens (primary N) is 1. The maximum absolute atomic E-state index is 11.7. The molecule has 7 nitrogen and oxygen atoms in total. The van der Waals surface area contributed by atoms with Gasteiger partial charge in [0.15, 0.2) is 5.65 Å². The molecule has 96 valence electrons. The number of anilines is 1. The molecule has 7 heteroatoms. The van der Waals surface area contributed by atoms with Crippen LogP contribution in [0, 0.1) is 0 Å². The van der Waals surface area contributed by atoms with E-state index in [4.69, 9.17) is 10.5 Å². The number of imidazole rings is 1. The van der Waals surface area contributed by atoms with Gasteiger partial charge in [-0.2, -0.15) is 4.98 Å². The lowest BCUT2D eigenvalue weighted by Gasteiger charge is -2.11. The number of nitrogens with zero attached hydrogens (tertiary/aromatic N) is 4. The zero-order valence-electron chi connectivity index (χ0n) is 10.5. The third-order valence-corrected chi connectivity index (χ3v) is 2.60. The molecule has 2 heterocycles. The Hall–Kier alpha value is -2.31. The molecule has 0 fully saturated rings. The van der Waals surface area contributed by atoms with Crippen LogP contribution in [0.3, 0.4) is 0 Å². The maximum atomic E-state index is 11.7. The fourth-order valence-electron chi connectivity index (χ4n) is 1.55. The van der Waals surface area contributed by atoms with Crippen LogP contribution in [0.25, 0.3) is 11.2 Å². The average molecular weight is 249 g/mol. The van der Waals surface area contributed by atoms with Crippen molar-refractivity contribution in [2.45, 2.75) is 6.54 Å². The summed E-state index contributed by atoms with van der Waals surface area (Å²) in [5.74, 6) is 0.646. The lowest BCUT2D eigenvalue weighted by Crippen LogP contribution is -2.26. The van der Waals surface area contributed by atoms with Crippen LogP contribution in [-0.2, 0) is 11.3 Å². The lowest BCUT2D eigenvalue weighted by molar-refractivity contribution is -0.129. The number of aromatic nitrogens is 3. The highest BCUT2D eigenvalue weighted by atomic mass is 16.5. The fourth-order valence-corrected chi connectivity index (χ4v) is 1.55. The number of pyridine rings is 1. The van der Waals surface area contributed by atoms with Crippen LogP contribution < -0.4 is 10.5 Å². The second-order valence-electron chi connectivity index (χ2n) is 4.04. The summed E-state index contributed by atoms with van der Waals surface area (Å²) >= 11 is 0. The molecule has 0 atom stereocenters. The van der Waals surface area contributed by atoms with E-state index in [1.54, 1.807) is 30.8 Å². The molecule has 18 heavy (non-hydrogen) atoms. The number of fused-ring (bicyclic) bond motifs is 1. The van der Waals surface area contributed by atoms with E-state index >= 15 is 0 Å². The first-order valence-electron chi connectivity index (χ1n) is 5.40. The van der Waals surface area contributed by atoms with E-state index in [9.17, 15) is 4.79 Å². The van der Waals surface area contributed by atoms with E-state index < -0.39 is 0 Å². The van der Waals surface area contributed by atoms with Crippen molar-refractivity contribution in [2.75, 3.05) is 26.9 Å². The molecule has 0 aliphatic heterocycles. The van der Waals surface area contributed by atoms with Crippen LogP contribution >= 0.6 is 0 Å². The molecule has 2 aromatic heterocycles. The monoisotopic (exact) mass is 249 g/mol. The highest BCUT2D eigenvalue weighted by Gasteiger charge is 2.14. The first-order chi connectivity index (χ1) is 8.52. The molecule has 1 amide bonds. The number of ether oxygens (including phenoxy) is 1. The SMILES string of the molecule is COc1ccc2nc(N)n(CC(=O)N(C)C)c2n1. The standard InChI is InChI=1S/C11H15N5O2/c1-15(2)9(17)6-16-10-7(13-11(16)12)4-5-8(14-10)18-3/h4-5H,6H2,1-3H3,(H2,12,13). The number of carbonyl (C=O) groups is 1. The van der Waals surface area contributed by atoms with Gasteiger partial charge in [-0.1, -0.05) is 0 Å². The predicted octanol–water partition coefficient (Wildman–Crippen LogP) is 0.110. The first-order valence-corrected chi connectivity index (χ1v) is 5.40. The van der Waals surface area contributed by atoms with Crippen molar-refractivity contribution in [1.29, 1.82) is 0 Å². The minimum Gasteiger partial charge on any atom is -0.481 e. The van der Waals surface area contributed by atoms with E-state index in [0.717, 1.165) is 0 Å². The van der Waals surface area contributed by atoms with Gasteiger partial charge in [0.1, 0.15) is 12.1 Å². The number of likely N-dealkylation sites (N-methyl/N-ethyl adjacent to an activating group) is 1. The minimum absolute atomic E-state index is 0.0781. The van der Waals surface area contributed by atoms with Gasteiger partial charge in [-0.25, -0.2) is 4.98 Å². The fraction of sp³-hybridized carbons (Fsp3) is 0.364. The Morgan fingerprint density at radius 2 is 2.17 bits per heavy atom. The molecule has 0 aromatic carbocycles. The molecule has 2 N–H and O–H groups in total. The second kappa shape index (κ2) is 4.52. The van der Waals surface area contributed by atoms with Gasteiger partial charge in [-0.05, 0) is 6.07 Å². The molecule has 0 unspecified atom stereocenters. The highest BCUT2D eigenvalue weighted by molar-refractivity contribution is 5.80. The third-order valence-electron chi connectivity index (χ3n) is 2.60. The highest BCUT2D eigenvalue weighted by Crippen LogP contribution is 2.19. The molecule has 0 spiro atoms. The maximum Gasteiger partial charge on any atom is 0.242 e. The van der Waals surface area contributed by atoms with Crippen LogP contribution in [0.2, 0.25) is 0 Å². The summed E-state index contributed by atoms with van der Waals surface area (Å²) in [5, 5.41) is 0. The molecule has 2 aromatic rings. The summed E-state index contributed by atoms with van der Waals surface area (Å²) in [6, 6.07) is 3.46. The quantitative estimate of drug-likeness (QED) is 0.834. The first kappa shape index (κ1) is 12.2. The van der Waals surface area contributed by atoms with E-state index in [1.807, 2.05) is 0 Å². The molecular weight excluding hydrogens is 234 g/mol. The summed E-state index contributed by atoms with van der Waals surface area (Å²) < 4.78 is 6.62. The summed E-state index contributed by atoms with van der Waals surface area (Å²) in [7, 11) is 4.90. The topological polar surface area (TPSA) is 86.3 Å². The zero-order chi connectivity index (χ0) is 13.3. The van der Waals surface area contributed by atoms with Crippen LogP contribution in [0.4, 0.5) is 5.95 Å². The van der Waals surface area contributed by atoms with Gasteiger partial charge in [0.05, 0.1) is 7.11 Å². The number of rotatable bonds is 3. The number of methoxy groups -OCH3 is 1. The summed E-state index contributed by atoms with van der Waals surface area (Å²) in [5.41, 5.74) is 6.98. The lowest BCUT2D eigenvalue weighted by atomic mass is 10.4. The Morgan fingerprint density at radius 1 is 1.44 bits per heavy atom. The normalized spacial score (nSPS) is 10.6. The molecule has 0 saturated heterocycles. The molecular formula is C11H15N5O2. The minimum atomic E-state index is -0.0781. The van der Waals surface area contributed by atoms with Crippen LogP contribution in [0.15, 0.2) is 12.1 Å².